The van der Waals surface area contributed by atoms with Crippen molar-refractivity contribution in [2.24, 2.45) is 0 Å². The number of hydrogen-bond acceptors (Lipinski definition) is 2. The Bertz CT molecular complexity index is 383. The molecular weight excluding hydrogens is 227 g/mol. The Kier molecular flexibility index (Phi) is 5.29. The molecule has 0 aliphatic carbocycles. The maximum absolute atomic E-state index is 13.7. The van der Waals surface area contributed by atoms with E-state index in [-0.39, 0.29) is 11.4 Å². The Labute approximate surface area is 110 Å². The van der Waals surface area contributed by atoms with Crippen molar-refractivity contribution in [2.75, 3.05) is 13.6 Å². The van der Waals surface area contributed by atoms with Crippen molar-refractivity contribution < 1.29 is 4.39 Å². The van der Waals surface area contributed by atoms with Crippen LogP contribution in [0.15, 0.2) is 18.2 Å². The summed E-state index contributed by atoms with van der Waals surface area (Å²) in [7, 11) is 2.00. The fraction of sp³-hybridized carbons (Fsp3) is 0.600. The molecular formula is C15H25FN2. The Balaban J connectivity index is 2.74. The summed E-state index contributed by atoms with van der Waals surface area (Å²) in [5.74, 6) is -0.116. The Morgan fingerprint density at radius 2 is 1.94 bits per heavy atom. The van der Waals surface area contributed by atoms with Gasteiger partial charge in [-0.1, -0.05) is 19.1 Å². The van der Waals surface area contributed by atoms with Gasteiger partial charge in [0.1, 0.15) is 5.82 Å². The maximum atomic E-state index is 13.7. The minimum Gasteiger partial charge on any atom is -0.308 e. The van der Waals surface area contributed by atoms with Gasteiger partial charge in [-0.3, -0.25) is 0 Å². The third-order valence-corrected chi connectivity index (χ3v) is 2.91. The summed E-state index contributed by atoms with van der Waals surface area (Å²) in [6, 6.07) is 5.38. The monoisotopic (exact) mass is 252 g/mol. The first-order valence-corrected chi connectivity index (χ1v) is 6.52. The van der Waals surface area contributed by atoms with Crippen molar-refractivity contribution in [3.8, 4) is 0 Å². The Morgan fingerprint density at radius 1 is 1.28 bits per heavy atom. The zero-order valence-electron chi connectivity index (χ0n) is 12.2. The van der Waals surface area contributed by atoms with Crippen LogP contribution in [0.1, 0.15) is 38.8 Å². The van der Waals surface area contributed by atoms with Crippen LogP contribution < -0.4 is 5.32 Å². The summed E-state index contributed by atoms with van der Waals surface area (Å²) in [4.78, 5) is 2.10. The lowest BCUT2D eigenvalue weighted by Gasteiger charge is -2.21. The lowest BCUT2D eigenvalue weighted by atomic mass is 10.1. The average molecular weight is 252 g/mol. The predicted molar refractivity (Wildman–Crippen MR) is 75.0 cm³/mol. The van der Waals surface area contributed by atoms with E-state index in [0.717, 1.165) is 24.2 Å². The van der Waals surface area contributed by atoms with E-state index in [1.807, 2.05) is 19.2 Å². The molecule has 0 aromatic heterocycles. The van der Waals surface area contributed by atoms with Gasteiger partial charge in [0.2, 0.25) is 0 Å². The van der Waals surface area contributed by atoms with Crippen LogP contribution in [0, 0.1) is 5.82 Å². The van der Waals surface area contributed by atoms with E-state index < -0.39 is 0 Å². The van der Waals surface area contributed by atoms with Gasteiger partial charge in [0.15, 0.2) is 0 Å². The van der Waals surface area contributed by atoms with Crippen LogP contribution in [0.4, 0.5) is 4.39 Å². The lowest BCUT2D eigenvalue weighted by Crippen LogP contribution is -2.35. The quantitative estimate of drug-likeness (QED) is 0.866. The van der Waals surface area contributed by atoms with Crippen LogP contribution in [0.3, 0.4) is 0 Å². The molecule has 18 heavy (non-hydrogen) atoms. The van der Waals surface area contributed by atoms with Crippen LogP contribution >= 0.6 is 0 Å². The van der Waals surface area contributed by atoms with Gasteiger partial charge in [-0.15, -0.1) is 0 Å². The average Bonchev–Trinajstić information content (AvgIpc) is 2.29. The number of halogens is 1. The van der Waals surface area contributed by atoms with E-state index in [1.54, 1.807) is 6.07 Å². The molecule has 0 atom stereocenters. The summed E-state index contributed by atoms with van der Waals surface area (Å²) >= 11 is 0. The summed E-state index contributed by atoms with van der Waals surface area (Å²) in [6.07, 6.45) is 0. The van der Waals surface area contributed by atoms with Crippen molar-refractivity contribution in [3.63, 3.8) is 0 Å². The fourth-order valence-corrected chi connectivity index (χ4v) is 1.63. The van der Waals surface area contributed by atoms with E-state index in [4.69, 9.17) is 0 Å². The zero-order chi connectivity index (χ0) is 13.8. The van der Waals surface area contributed by atoms with Crippen molar-refractivity contribution in [1.29, 1.82) is 0 Å². The number of nitrogens with zero attached hydrogens (tertiary/aromatic N) is 1. The van der Waals surface area contributed by atoms with Crippen molar-refractivity contribution in [3.05, 3.63) is 35.1 Å². The normalized spacial score (nSPS) is 12.2. The van der Waals surface area contributed by atoms with E-state index >= 15 is 0 Å². The molecule has 0 aliphatic heterocycles. The second kappa shape index (κ2) is 6.30. The van der Waals surface area contributed by atoms with Crippen LogP contribution in [-0.2, 0) is 13.1 Å². The molecule has 0 bridgehead atoms. The topological polar surface area (TPSA) is 15.3 Å². The molecule has 1 rings (SSSR count). The smallest absolute Gasteiger partial charge is 0.127 e. The molecule has 1 aromatic carbocycles. The van der Waals surface area contributed by atoms with Gasteiger partial charge in [-0.2, -0.15) is 0 Å². The highest BCUT2D eigenvalue weighted by Crippen LogP contribution is 2.13. The van der Waals surface area contributed by atoms with Crippen LogP contribution in [-0.4, -0.2) is 24.0 Å². The largest absolute Gasteiger partial charge is 0.308 e. The SMILES string of the molecule is CCN(C)Cc1cc(CNC(C)(C)C)ccc1F. The van der Waals surface area contributed by atoms with Crippen LogP contribution in [0.25, 0.3) is 0 Å². The summed E-state index contributed by atoms with van der Waals surface area (Å²) in [5, 5.41) is 3.42. The molecule has 0 fully saturated rings. The third kappa shape index (κ3) is 5.15. The van der Waals surface area contributed by atoms with Gasteiger partial charge in [0.05, 0.1) is 0 Å². The molecule has 0 saturated carbocycles. The minimum atomic E-state index is -0.116. The molecule has 0 radical (unpaired) electrons. The summed E-state index contributed by atoms with van der Waals surface area (Å²) < 4.78 is 13.7. The van der Waals surface area contributed by atoms with Gasteiger partial charge in [0.25, 0.3) is 0 Å². The highest BCUT2D eigenvalue weighted by Gasteiger charge is 2.10. The summed E-state index contributed by atoms with van der Waals surface area (Å²) in [6.45, 7) is 10.8. The second-order valence-electron chi connectivity index (χ2n) is 5.86. The molecule has 0 aliphatic rings. The molecule has 1 N–H and O–H groups in total. The predicted octanol–water partition coefficient (Wildman–Crippen LogP) is 3.17. The van der Waals surface area contributed by atoms with Crippen molar-refractivity contribution in [2.45, 2.75) is 46.3 Å². The van der Waals surface area contributed by atoms with Crippen LogP contribution in [0.2, 0.25) is 0 Å². The number of benzene rings is 1. The Morgan fingerprint density at radius 3 is 2.50 bits per heavy atom. The summed E-state index contributed by atoms with van der Waals surface area (Å²) in [5.41, 5.74) is 1.98. The third-order valence-electron chi connectivity index (χ3n) is 2.91. The first-order chi connectivity index (χ1) is 8.31. The first kappa shape index (κ1) is 15.1. The van der Waals surface area contributed by atoms with Gasteiger partial charge in [0, 0.05) is 24.2 Å². The van der Waals surface area contributed by atoms with Crippen LogP contribution in [0.5, 0.6) is 0 Å². The number of nitrogens with one attached hydrogen (secondary N) is 1. The maximum Gasteiger partial charge on any atom is 0.127 e. The molecule has 0 unspecified atom stereocenters. The van der Waals surface area contributed by atoms with Crippen molar-refractivity contribution in [1.82, 2.24) is 10.2 Å². The van der Waals surface area contributed by atoms with Crippen molar-refractivity contribution >= 4 is 0 Å². The molecule has 0 amide bonds. The van der Waals surface area contributed by atoms with E-state index in [1.165, 1.54) is 0 Å². The Hall–Kier alpha value is -0.930. The second-order valence-corrected chi connectivity index (χ2v) is 5.86. The van der Waals surface area contributed by atoms with Gasteiger partial charge >= 0.3 is 0 Å². The van der Waals surface area contributed by atoms with E-state index in [2.05, 4.69) is 37.9 Å². The lowest BCUT2D eigenvalue weighted by molar-refractivity contribution is 0.339. The molecule has 2 nitrogen and oxygen atoms in total. The zero-order valence-corrected chi connectivity index (χ0v) is 12.2. The van der Waals surface area contributed by atoms with E-state index in [0.29, 0.717) is 6.54 Å². The van der Waals surface area contributed by atoms with E-state index in [9.17, 15) is 4.39 Å². The minimum absolute atomic E-state index is 0.0781. The highest BCUT2D eigenvalue weighted by molar-refractivity contribution is 5.25. The number of hydrogen-bond donors (Lipinski definition) is 1. The molecule has 3 heteroatoms. The number of rotatable bonds is 5. The van der Waals surface area contributed by atoms with Gasteiger partial charge in [-0.05, 0) is 46.0 Å². The standard InChI is InChI=1S/C15H25FN2/c1-6-18(5)11-13-9-12(7-8-14(13)16)10-17-15(2,3)4/h7-9,17H,6,10-11H2,1-5H3. The van der Waals surface area contributed by atoms with Gasteiger partial charge < -0.3 is 10.2 Å². The highest BCUT2D eigenvalue weighted by atomic mass is 19.1. The molecule has 1 aromatic rings. The molecule has 0 saturated heterocycles. The fourth-order valence-electron chi connectivity index (χ4n) is 1.63. The van der Waals surface area contributed by atoms with Gasteiger partial charge in [-0.25, -0.2) is 4.39 Å². The first-order valence-electron chi connectivity index (χ1n) is 6.52. The molecule has 102 valence electrons. The molecule has 0 heterocycles. The molecule has 0 spiro atoms.